The summed E-state index contributed by atoms with van der Waals surface area (Å²) in [6, 6.07) is 5.35. The van der Waals surface area contributed by atoms with Gasteiger partial charge in [-0.05, 0) is 31.2 Å². The van der Waals surface area contributed by atoms with Crippen LogP contribution in [0.1, 0.15) is 17.3 Å². The molecule has 0 saturated heterocycles. The van der Waals surface area contributed by atoms with Crippen LogP contribution in [0.15, 0.2) is 29.2 Å². The number of hydrogen-bond acceptors (Lipinski definition) is 6. The normalized spacial score (nSPS) is 12.9. The van der Waals surface area contributed by atoms with E-state index in [4.69, 9.17) is 9.47 Å². The molecule has 0 aliphatic rings. The third kappa shape index (κ3) is 5.43. The average Bonchev–Trinajstić information content (AvgIpc) is 2.46. The molecule has 0 radical (unpaired) electrons. The van der Waals surface area contributed by atoms with Gasteiger partial charge in [-0.15, -0.1) is 0 Å². The Balaban J connectivity index is 2.73. The van der Waals surface area contributed by atoms with Crippen molar-refractivity contribution in [2.45, 2.75) is 17.9 Å². The summed E-state index contributed by atoms with van der Waals surface area (Å²) in [5.41, 5.74) is 0.273. The Kier molecular flexibility index (Phi) is 6.76. The number of aliphatic hydroxyl groups excluding tert-OH is 1. The maximum Gasteiger partial charge on any atom is 0.338 e. The number of carbonyl (C=O) groups excluding carboxylic acids is 1. The molecule has 0 bridgehead atoms. The van der Waals surface area contributed by atoms with Gasteiger partial charge < -0.3 is 14.6 Å². The minimum atomic E-state index is -3.75. The lowest BCUT2D eigenvalue weighted by Gasteiger charge is -2.11. The fourth-order valence-corrected chi connectivity index (χ4v) is 2.60. The molecule has 8 heteroatoms. The highest BCUT2D eigenvalue weighted by molar-refractivity contribution is 7.89. The maximum absolute atomic E-state index is 12.0. The van der Waals surface area contributed by atoms with Crippen molar-refractivity contribution < 1.29 is 27.8 Å². The summed E-state index contributed by atoms with van der Waals surface area (Å²) in [5.74, 6) is -0.509. The summed E-state index contributed by atoms with van der Waals surface area (Å²) in [5, 5.41) is 9.42. The Hall–Kier alpha value is -1.48. The maximum atomic E-state index is 12.0. The van der Waals surface area contributed by atoms with Crippen LogP contribution in [-0.2, 0) is 19.5 Å². The lowest BCUT2D eigenvalue weighted by atomic mass is 10.2. The summed E-state index contributed by atoms with van der Waals surface area (Å²) in [6.07, 6.45) is -0.927. The van der Waals surface area contributed by atoms with E-state index in [9.17, 15) is 18.3 Å². The third-order valence-corrected chi connectivity index (χ3v) is 3.98. The van der Waals surface area contributed by atoms with E-state index >= 15 is 0 Å². The molecule has 0 aliphatic heterocycles. The molecule has 1 aromatic carbocycles. The monoisotopic (exact) mass is 317 g/mol. The van der Waals surface area contributed by atoms with Gasteiger partial charge in [0, 0.05) is 13.7 Å². The van der Waals surface area contributed by atoms with E-state index in [1.807, 2.05) is 0 Å². The Labute approximate surface area is 123 Å². The number of aliphatic hydroxyl groups is 1. The Morgan fingerprint density at radius 2 is 1.95 bits per heavy atom. The highest BCUT2D eigenvalue weighted by Crippen LogP contribution is 2.11. The number of esters is 1. The third-order valence-electron chi connectivity index (χ3n) is 2.54. The van der Waals surface area contributed by atoms with Gasteiger partial charge in [0.15, 0.2) is 0 Å². The Morgan fingerprint density at radius 3 is 2.48 bits per heavy atom. The van der Waals surface area contributed by atoms with Crippen molar-refractivity contribution in [1.82, 2.24) is 4.72 Å². The molecule has 2 N–H and O–H groups in total. The van der Waals surface area contributed by atoms with E-state index in [1.165, 1.54) is 31.4 Å². The SMILES string of the molecule is CCOC(=O)c1ccc(S(=O)(=O)NCC(O)COC)cc1. The largest absolute Gasteiger partial charge is 0.462 e. The van der Waals surface area contributed by atoms with Gasteiger partial charge in [-0.2, -0.15) is 0 Å². The number of nitrogens with one attached hydrogen (secondary N) is 1. The molecular weight excluding hydrogens is 298 g/mol. The van der Waals surface area contributed by atoms with Crippen LogP contribution in [0.5, 0.6) is 0 Å². The second kappa shape index (κ2) is 8.08. The number of ether oxygens (including phenoxy) is 2. The van der Waals surface area contributed by atoms with Gasteiger partial charge in [0.05, 0.1) is 29.8 Å². The van der Waals surface area contributed by atoms with E-state index in [2.05, 4.69) is 4.72 Å². The Morgan fingerprint density at radius 1 is 1.33 bits per heavy atom. The van der Waals surface area contributed by atoms with Crippen molar-refractivity contribution in [3.05, 3.63) is 29.8 Å². The second-order valence-electron chi connectivity index (χ2n) is 4.21. The lowest BCUT2D eigenvalue weighted by Crippen LogP contribution is -2.34. The highest BCUT2D eigenvalue weighted by Gasteiger charge is 2.16. The zero-order chi connectivity index (χ0) is 15.9. The molecule has 1 atom stereocenters. The first-order chi connectivity index (χ1) is 9.90. The van der Waals surface area contributed by atoms with E-state index in [0.29, 0.717) is 0 Å². The van der Waals surface area contributed by atoms with Crippen molar-refractivity contribution in [3.8, 4) is 0 Å². The molecule has 7 nitrogen and oxygen atoms in total. The van der Waals surface area contributed by atoms with Crippen LogP contribution in [0.2, 0.25) is 0 Å². The summed E-state index contributed by atoms with van der Waals surface area (Å²) in [7, 11) is -2.34. The van der Waals surface area contributed by atoms with E-state index in [0.717, 1.165) is 0 Å². The molecule has 21 heavy (non-hydrogen) atoms. The number of carbonyl (C=O) groups is 1. The topological polar surface area (TPSA) is 102 Å². The molecule has 1 aromatic rings. The van der Waals surface area contributed by atoms with Gasteiger partial charge in [0.2, 0.25) is 10.0 Å². The van der Waals surface area contributed by atoms with Gasteiger partial charge in [-0.3, -0.25) is 0 Å². The van der Waals surface area contributed by atoms with Crippen LogP contribution in [-0.4, -0.2) is 52.5 Å². The van der Waals surface area contributed by atoms with Gasteiger partial charge in [-0.25, -0.2) is 17.9 Å². The molecular formula is C13H19NO6S. The molecule has 0 amide bonds. The van der Waals surface area contributed by atoms with Gasteiger partial charge in [0.25, 0.3) is 0 Å². The van der Waals surface area contributed by atoms with Crippen LogP contribution < -0.4 is 4.72 Å². The van der Waals surface area contributed by atoms with Crippen molar-refractivity contribution in [2.24, 2.45) is 0 Å². The molecule has 0 heterocycles. The predicted octanol–water partition coefficient (Wildman–Crippen LogP) is 0.149. The number of benzene rings is 1. The average molecular weight is 317 g/mol. The molecule has 0 saturated carbocycles. The van der Waals surface area contributed by atoms with Crippen LogP contribution in [0.4, 0.5) is 0 Å². The predicted molar refractivity (Wildman–Crippen MR) is 75.5 cm³/mol. The number of methoxy groups -OCH3 is 1. The minimum Gasteiger partial charge on any atom is -0.462 e. The molecule has 0 aliphatic carbocycles. The zero-order valence-corrected chi connectivity index (χ0v) is 12.7. The molecule has 1 rings (SSSR count). The van der Waals surface area contributed by atoms with E-state index in [1.54, 1.807) is 6.92 Å². The van der Waals surface area contributed by atoms with Gasteiger partial charge in [-0.1, -0.05) is 0 Å². The van der Waals surface area contributed by atoms with Crippen molar-refractivity contribution in [2.75, 3.05) is 26.9 Å². The van der Waals surface area contributed by atoms with Crippen molar-refractivity contribution in [1.29, 1.82) is 0 Å². The fraction of sp³-hybridized carbons (Fsp3) is 0.462. The van der Waals surface area contributed by atoms with Crippen LogP contribution in [0.25, 0.3) is 0 Å². The standard InChI is InChI=1S/C13H19NO6S/c1-3-20-13(16)10-4-6-12(7-5-10)21(17,18)14-8-11(15)9-19-2/h4-7,11,14-15H,3,8-9H2,1-2H3. The molecule has 0 aromatic heterocycles. The summed E-state index contributed by atoms with van der Waals surface area (Å²) < 4.78 is 35.7. The zero-order valence-electron chi connectivity index (χ0n) is 11.9. The summed E-state index contributed by atoms with van der Waals surface area (Å²) >= 11 is 0. The lowest BCUT2D eigenvalue weighted by molar-refractivity contribution is 0.0526. The first-order valence-corrected chi connectivity index (χ1v) is 7.83. The van der Waals surface area contributed by atoms with E-state index in [-0.39, 0.29) is 30.2 Å². The smallest absolute Gasteiger partial charge is 0.338 e. The highest BCUT2D eigenvalue weighted by atomic mass is 32.2. The van der Waals surface area contributed by atoms with Crippen LogP contribution in [0.3, 0.4) is 0 Å². The molecule has 118 valence electrons. The number of sulfonamides is 1. The first-order valence-electron chi connectivity index (χ1n) is 6.34. The quantitative estimate of drug-likeness (QED) is 0.662. The number of hydrogen-bond donors (Lipinski definition) is 2. The molecule has 1 unspecified atom stereocenters. The van der Waals surface area contributed by atoms with Crippen LogP contribution >= 0.6 is 0 Å². The van der Waals surface area contributed by atoms with E-state index < -0.39 is 22.1 Å². The molecule has 0 spiro atoms. The van der Waals surface area contributed by atoms with Crippen LogP contribution in [0, 0.1) is 0 Å². The first kappa shape index (κ1) is 17.6. The number of rotatable bonds is 8. The Bertz CT molecular complexity index is 555. The summed E-state index contributed by atoms with van der Waals surface area (Å²) in [4.78, 5) is 11.5. The second-order valence-corrected chi connectivity index (χ2v) is 5.97. The van der Waals surface area contributed by atoms with Gasteiger partial charge in [0.1, 0.15) is 0 Å². The van der Waals surface area contributed by atoms with Crippen molar-refractivity contribution >= 4 is 16.0 Å². The van der Waals surface area contributed by atoms with Crippen molar-refractivity contribution in [3.63, 3.8) is 0 Å². The fourth-order valence-electron chi connectivity index (χ4n) is 1.53. The molecule has 0 fully saturated rings. The minimum absolute atomic E-state index is 0.000153. The van der Waals surface area contributed by atoms with Gasteiger partial charge >= 0.3 is 5.97 Å². The summed E-state index contributed by atoms with van der Waals surface area (Å²) in [6.45, 7) is 1.81.